The molecule has 1 fully saturated rings. The minimum Gasteiger partial charge on any atom is -0.320 e. The van der Waals surface area contributed by atoms with Crippen LogP contribution in [-0.2, 0) is 15.6 Å². The fraction of sp³-hybridized carbons (Fsp3) is 0.462. The van der Waals surface area contributed by atoms with Crippen LogP contribution in [-0.4, -0.2) is 34.2 Å². The van der Waals surface area contributed by atoms with Crippen LogP contribution >= 0.6 is 0 Å². The van der Waals surface area contributed by atoms with Gasteiger partial charge in [-0.2, -0.15) is 0 Å². The van der Waals surface area contributed by atoms with E-state index < -0.39 is 34.0 Å². The number of rotatable bonds is 4. The molecule has 1 amide bonds. The Balaban J connectivity index is 1.82. The Labute approximate surface area is 118 Å². The van der Waals surface area contributed by atoms with Crippen molar-refractivity contribution in [3.8, 4) is 0 Å². The maximum Gasteiger partial charge on any atom is 0.238 e. The van der Waals surface area contributed by atoms with Crippen molar-refractivity contribution in [3.63, 3.8) is 0 Å². The van der Waals surface area contributed by atoms with Gasteiger partial charge in [-0.25, -0.2) is 8.78 Å². The monoisotopic (exact) mass is 302 g/mol. The van der Waals surface area contributed by atoms with E-state index in [9.17, 15) is 17.8 Å². The van der Waals surface area contributed by atoms with Crippen molar-refractivity contribution in [1.29, 1.82) is 0 Å². The van der Waals surface area contributed by atoms with Crippen LogP contribution in [0.2, 0.25) is 0 Å². The molecule has 1 aliphatic heterocycles. The van der Waals surface area contributed by atoms with Crippen LogP contribution in [0.1, 0.15) is 12.8 Å². The summed E-state index contributed by atoms with van der Waals surface area (Å²) in [5.41, 5.74) is -0.427. The SMILES string of the molecule is O=C(CNC1CCS(=O)CC1)Nc1c(F)cccc1F. The summed E-state index contributed by atoms with van der Waals surface area (Å²) in [7, 11) is -0.753. The number of anilines is 1. The molecule has 20 heavy (non-hydrogen) atoms. The van der Waals surface area contributed by atoms with Gasteiger partial charge in [-0.3, -0.25) is 9.00 Å². The zero-order valence-corrected chi connectivity index (χ0v) is 11.6. The van der Waals surface area contributed by atoms with Gasteiger partial charge in [0, 0.05) is 28.3 Å². The Morgan fingerprint density at radius 2 is 1.85 bits per heavy atom. The number of para-hydroxylation sites is 1. The average molecular weight is 302 g/mol. The Morgan fingerprint density at radius 1 is 1.25 bits per heavy atom. The summed E-state index contributed by atoms with van der Waals surface area (Å²) < 4.78 is 37.9. The average Bonchev–Trinajstić information content (AvgIpc) is 2.42. The number of carbonyl (C=O) groups excluding carboxylic acids is 1. The number of amides is 1. The van der Waals surface area contributed by atoms with Crippen LogP contribution in [0.15, 0.2) is 18.2 Å². The molecule has 0 saturated carbocycles. The lowest BCUT2D eigenvalue weighted by Gasteiger charge is -2.22. The lowest BCUT2D eigenvalue weighted by atomic mass is 10.1. The predicted molar refractivity (Wildman–Crippen MR) is 73.9 cm³/mol. The Morgan fingerprint density at radius 3 is 2.45 bits per heavy atom. The van der Waals surface area contributed by atoms with Crippen molar-refractivity contribution in [2.24, 2.45) is 0 Å². The van der Waals surface area contributed by atoms with Gasteiger partial charge in [0.05, 0.1) is 6.54 Å². The summed E-state index contributed by atoms with van der Waals surface area (Å²) in [6.07, 6.45) is 1.49. The topological polar surface area (TPSA) is 58.2 Å². The number of carbonyl (C=O) groups is 1. The highest BCUT2D eigenvalue weighted by molar-refractivity contribution is 7.85. The van der Waals surface area contributed by atoms with E-state index in [1.807, 2.05) is 0 Å². The summed E-state index contributed by atoms with van der Waals surface area (Å²) in [6.45, 7) is -0.0227. The standard InChI is InChI=1S/C13H16F2N2O2S/c14-10-2-1-3-11(15)13(10)17-12(18)8-16-9-4-6-20(19)7-5-9/h1-3,9,16H,4-8H2,(H,17,18). The van der Waals surface area contributed by atoms with Crippen LogP contribution in [0.25, 0.3) is 0 Å². The van der Waals surface area contributed by atoms with Crippen molar-refractivity contribution >= 4 is 22.4 Å². The van der Waals surface area contributed by atoms with E-state index >= 15 is 0 Å². The summed E-state index contributed by atoms with van der Waals surface area (Å²) in [4.78, 5) is 11.7. The zero-order chi connectivity index (χ0) is 14.5. The Bertz CT molecular complexity index is 495. The fourth-order valence-electron chi connectivity index (χ4n) is 2.04. The molecule has 2 N–H and O–H groups in total. The van der Waals surface area contributed by atoms with Crippen molar-refractivity contribution in [2.45, 2.75) is 18.9 Å². The quantitative estimate of drug-likeness (QED) is 0.884. The second-order valence-electron chi connectivity index (χ2n) is 4.65. The summed E-state index contributed by atoms with van der Waals surface area (Å²) in [6, 6.07) is 3.54. The molecule has 0 radical (unpaired) electrons. The third kappa shape index (κ3) is 4.08. The van der Waals surface area contributed by atoms with Crippen molar-refractivity contribution in [3.05, 3.63) is 29.8 Å². The van der Waals surface area contributed by atoms with E-state index in [1.54, 1.807) is 0 Å². The van der Waals surface area contributed by atoms with Crippen LogP contribution in [0, 0.1) is 11.6 Å². The number of hydrogen-bond donors (Lipinski definition) is 2. The lowest BCUT2D eigenvalue weighted by Crippen LogP contribution is -2.40. The van der Waals surface area contributed by atoms with Crippen molar-refractivity contribution in [2.75, 3.05) is 23.4 Å². The van der Waals surface area contributed by atoms with Crippen LogP contribution in [0.4, 0.5) is 14.5 Å². The molecular weight excluding hydrogens is 286 g/mol. The Hall–Kier alpha value is -1.34. The first-order chi connectivity index (χ1) is 9.56. The van der Waals surface area contributed by atoms with Gasteiger partial charge < -0.3 is 10.6 Å². The smallest absolute Gasteiger partial charge is 0.238 e. The molecule has 0 unspecified atom stereocenters. The van der Waals surface area contributed by atoms with E-state index in [4.69, 9.17) is 0 Å². The van der Waals surface area contributed by atoms with Crippen molar-refractivity contribution in [1.82, 2.24) is 5.32 Å². The summed E-state index contributed by atoms with van der Waals surface area (Å²) in [5.74, 6) is -0.846. The molecule has 1 saturated heterocycles. The second kappa shape index (κ2) is 6.90. The van der Waals surface area contributed by atoms with E-state index in [0.29, 0.717) is 11.5 Å². The minimum absolute atomic E-state index is 0.0227. The van der Waals surface area contributed by atoms with E-state index in [-0.39, 0.29) is 12.6 Å². The first-order valence-corrected chi connectivity index (χ1v) is 7.87. The summed E-state index contributed by atoms with van der Waals surface area (Å²) in [5, 5.41) is 5.23. The van der Waals surface area contributed by atoms with Gasteiger partial charge >= 0.3 is 0 Å². The maximum absolute atomic E-state index is 13.3. The molecule has 1 heterocycles. The minimum atomic E-state index is -0.800. The van der Waals surface area contributed by atoms with E-state index in [0.717, 1.165) is 25.0 Å². The normalized spacial score (nSPS) is 22.5. The van der Waals surface area contributed by atoms with Crippen LogP contribution in [0.5, 0.6) is 0 Å². The van der Waals surface area contributed by atoms with Gasteiger partial charge in [0.1, 0.15) is 17.3 Å². The van der Waals surface area contributed by atoms with E-state index in [1.165, 1.54) is 6.07 Å². The second-order valence-corrected chi connectivity index (χ2v) is 6.34. The third-order valence-corrected chi connectivity index (χ3v) is 4.55. The van der Waals surface area contributed by atoms with Gasteiger partial charge in [-0.05, 0) is 25.0 Å². The molecule has 0 bridgehead atoms. The molecule has 1 aromatic rings. The molecule has 0 spiro atoms. The fourth-order valence-corrected chi connectivity index (χ4v) is 3.33. The molecule has 110 valence electrons. The third-order valence-electron chi connectivity index (χ3n) is 3.17. The number of halogens is 2. The largest absolute Gasteiger partial charge is 0.320 e. The molecule has 0 atom stereocenters. The van der Waals surface area contributed by atoms with Gasteiger partial charge in [0.25, 0.3) is 0 Å². The highest BCUT2D eigenvalue weighted by atomic mass is 32.2. The number of benzene rings is 1. The van der Waals surface area contributed by atoms with Crippen LogP contribution < -0.4 is 10.6 Å². The molecule has 0 aromatic heterocycles. The first-order valence-electron chi connectivity index (χ1n) is 6.38. The molecule has 7 heteroatoms. The van der Waals surface area contributed by atoms with Crippen LogP contribution in [0.3, 0.4) is 0 Å². The molecule has 2 rings (SSSR count). The lowest BCUT2D eigenvalue weighted by molar-refractivity contribution is -0.115. The highest BCUT2D eigenvalue weighted by Gasteiger charge is 2.18. The van der Waals surface area contributed by atoms with Gasteiger partial charge in [0.2, 0.25) is 5.91 Å². The predicted octanol–water partition coefficient (Wildman–Crippen LogP) is 1.40. The molecular formula is C13H16F2N2O2S. The van der Waals surface area contributed by atoms with E-state index in [2.05, 4.69) is 10.6 Å². The molecule has 4 nitrogen and oxygen atoms in total. The molecule has 1 aliphatic rings. The van der Waals surface area contributed by atoms with Gasteiger partial charge in [0.15, 0.2) is 0 Å². The zero-order valence-electron chi connectivity index (χ0n) is 10.8. The Kier molecular flexibility index (Phi) is 5.19. The summed E-state index contributed by atoms with van der Waals surface area (Å²) >= 11 is 0. The first kappa shape index (κ1) is 15.1. The number of hydrogen-bond acceptors (Lipinski definition) is 3. The maximum atomic E-state index is 13.3. The molecule has 1 aromatic carbocycles. The van der Waals surface area contributed by atoms with Gasteiger partial charge in [-0.1, -0.05) is 6.07 Å². The number of nitrogens with one attached hydrogen (secondary N) is 2. The van der Waals surface area contributed by atoms with Gasteiger partial charge in [-0.15, -0.1) is 0 Å². The highest BCUT2D eigenvalue weighted by Crippen LogP contribution is 2.17. The molecule has 0 aliphatic carbocycles. The van der Waals surface area contributed by atoms with Crippen molar-refractivity contribution < 1.29 is 17.8 Å².